The molecule has 2 heterocycles. The van der Waals surface area contributed by atoms with Crippen molar-refractivity contribution in [2.24, 2.45) is 11.8 Å². The van der Waals surface area contributed by atoms with Crippen molar-refractivity contribution in [2.45, 2.75) is 19.3 Å². The van der Waals surface area contributed by atoms with Crippen LogP contribution in [0.3, 0.4) is 0 Å². The van der Waals surface area contributed by atoms with E-state index in [1.807, 2.05) is 4.90 Å². The number of hydrogen-bond acceptors (Lipinski definition) is 2. The zero-order valence-corrected chi connectivity index (χ0v) is 9.04. The molecule has 0 unspecified atom stereocenters. The summed E-state index contributed by atoms with van der Waals surface area (Å²) < 4.78 is 12.4. The van der Waals surface area contributed by atoms with Gasteiger partial charge < -0.3 is 10.2 Å². The van der Waals surface area contributed by atoms with E-state index in [2.05, 4.69) is 5.32 Å². The minimum atomic E-state index is -0.229. The molecule has 1 amide bonds. The lowest BCUT2D eigenvalue weighted by Gasteiger charge is -2.32. The SMILES string of the molecule is O=C([C@@H]1CCNC1)N1CCC(CF)CC1. The number of likely N-dealkylation sites (tertiary alicyclic amines) is 1. The van der Waals surface area contributed by atoms with Gasteiger partial charge in [-0.05, 0) is 31.7 Å². The first-order valence-corrected chi connectivity index (χ1v) is 5.86. The van der Waals surface area contributed by atoms with Gasteiger partial charge in [0.15, 0.2) is 0 Å². The summed E-state index contributed by atoms with van der Waals surface area (Å²) in [5.41, 5.74) is 0. The van der Waals surface area contributed by atoms with E-state index in [0.717, 1.165) is 45.4 Å². The van der Waals surface area contributed by atoms with E-state index in [1.54, 1.807) is 0 Å². The number of nitrogens with zero attached hydrogens (tertiary/aromatic N) is 1. The Morgan fingerprint density at radius 2 is 2.07 bits per heavy atom. The fraction of sp³-hybridized carbons (Fsp3) is 0.909. The Bertz CT molecular complexity index is 221. The minimum absolute atomic E-state index is 0.173. The van der Waals surface area contributed by atoms with E-state index < -0.39 is 0 Å². The first-order chi connectivity index (χ1) is 7.31. The van der Waals surface area contributed by atoms with Crippen LogP contribution in [0.2, 0.25) is 0 Å². The van der Waals surface area contributed by atoms with Crippen LogP contribution in [0.4, 0.5) is 4.39 Å². The van der Waals surface area contributed by atoms with Gasteiger partial charge in [-0.1, -0.05) is 0 Å². The summed E-state index contributed by atoms with van der Waals surface area (Å²) in [5, 5.41) is 3.20. The standard InChI is InChI=1S/C11H19FN2O/c12-7-9-2-5-14(6-3-9)11(15)10-1-4-13-8-10/h9-10,13H,1-8H2/t10-/m1/s1. The smallest absolute Gasteiger partial charge is 0.227 e. The highest BCUT2D eigenvalue weighted by atomic mass is 19.1. The number of carbonyl (C=O) groups excluding carboxylic acids is 1. The van der Waals surface area contributed by atoms with E-state index in [0.29, 0.717) is 0 Å². The van der Waals surface area contributed by atoms with E-state index in [4.69, 9.17) is 0 Å². The number of carbonyl (C=O) groups is 1. The number of rotatable bonds is 2. The summed E-state index contributed by atoms with van der Waals surface area (Å²) in [6.07, 6.45) is 2.63. The van der Waals surface area contributed by atoms with Crippen LogP contribution >= 0.6 is 0 Å². The lowest BCUT2D eigenvalue weighted by molar-refractivity contribution is -0.136. The van der Waals surface area contributed by atoms with Crippen LogP contribution in [-0.4, -0.2) is 43.7 Å². The van der Waals surface area contributed by atoms with Crippen LogP contribution < -0.4 is 5.32 Å². The second kappa shape index (κ2) is 4.92. The average molecular weight is 214 g/mol. The number of piperidine rings is 1. The maximum absolute atomic E-state index is 12.4. The first kappa shape index (κ1) is 10.9. The highest BCUT2D eigenvalue weighted by Gasteiger charge is 2.29. The maximum atomic E-state index is 12.4. The monoisotopic (exact) mass is 214 g/mol. The van der Waals surface area contributed by atoms with Crippen LogP contribution in [-0.2, 0) is 4.79 Å². The van der Waals surface area contributed by atoms with Crippen molar-refractivity contribution in [3.8, 4) is 0 Å². The predicted molar refractivity (Wildman–Crippen MR) is 56.3 cm³/mol. The number of amides is 1. The van der Waals surface area contributed by atoms with Gasteiger partial charge in [0.25, 0.3) is 0 Å². The lowest BCUT2D eigenvalue weighted by Crippen LogP contribution is -2.42. The summed E-state index contributed by atoms with van der Waals surface area (Å²) >= 11 is 0. The van der Waals surface area contributed by atoms with Crippen LogP contribution in [0, 0.1) is 11.8 Å². The molecule has 0 aliphatic carbocycles. The van der Waals surface area contributed by atoms with Crippen LogP contribution in [0.5, 0.6) is 0 Å². The maximum Gasteiger partial charge on any atom is 0.227 e. The van der Waals surface area contributed by atoms with E-state index >= 15 is 0 Å². The molecule has 2 aliphatic rings. The first-order valence-electron chi connectivity index (χ1n) is 5.86. The quantitative estimate of drug-likeness (QED) is 0.737. The average Bonchev–Trinajstić information content (AvgIpc) is 2.82. The van der Waals surface area contributed by atoms with Gasteiger partial charge >= 0.3 is 0 Å². The molecule has 0 aromatic rings. The second-order valence-electron chi connectivity index (χ2n) is 4.61. The molecule has 1 N–H and O–H groups in total. The van der Waals surface area contributed by atoms with Gasteiger partial charge in [-0.25, -0.2) is 0 Å². The van der Waals surface area contributed by atoms with Crippen LogP contribution in [0.25, 0.3) is 0 Å². The molecular weight excluding hydrogens is 195 g/mol. The molecule has 15 heavy (non-hydrogen) atoms. The van der Waals surface area contributed by atoms with Crippen molar-refractivity contribution in [1.29, 1.82) is 0 Å². The molecule has 0 spiro atoms. The molecule has 0 saturated carbocycles. The Morgan fingerprint density at radius 3 is 2.60 bits per heavy atom. The predicted octanol–water partition coefficient (Wildman–Crippen LogP) is 0.804. The molecule has 0 radical (unpaired) electrons. The zero-order chi connectivity index (χ0) is 10.7. The normalized spacial score (nSPS) is 28.3. The van der Waals surface area contributed by atoms with Crippen molar-refractivity contribution < 1.29 is 9.18 Å². The topological polar surface area (TPSA) is 32.3 Å². The third kappa shape index (κ3) is 2.48. The van der Waals surface area contributed by atoms with Crippen molar-refractivity contribution in [3.63, 3.8) is 0 Å². The van der Waals surface area contributed by atoms with Crippen LogP contribution in [0.1, 0.15) is 19.3 Å². The molecule has 2 aliphatic heterocycles. The molecule has 0 aromatic heterocycles. The Labute approximate surface area is 90.0 Å². The Kier molecular flexibility index (Phi) is 3.57. The highest BCUT2D eigenvalue weighted by molar-refractivity contribution is 5.79. The Hall–Kier alpha value is -0.640. The Balaban J connectivity index is 1.81. The second-order valence-corrected chi connectivity index (χ2v) is 4.61. The number of hydrogen-bond donors (Lipinski definition) is 1. The molecule has 2 fully saturated rings. The molecule has 3 nitrogen and oxygen atoms in total. The molecule has 1 atom stereocenters. The van der Waals surface area contributed by atoms with Crippen molar-refractivity contribution in [3.05, 3.63) is 0 Å². The van der Waals surface area contributed by atoms with Gasteiger partial charge in [-0.2, -0.15) is 0 Å². The summed E-state index contributed by atoms with van der Waals surface area (Å²) in [4.78, 5) is 13.9. The fourth-order valence-electron chi connectivity index (χ4n) is 2.43. The number of halogens is 1. The summed E-state index contributed by atoms with van der Waals surface area (Å²) in [7, 11) is 0. The van der Waals surface area contributed by atoms with Gasteiger partial charge in [-0.15, -0.1) is 0 Å². The van der Waals surface area contributed by atoms with Crippen molar-refractivity contribution in [1.82, 2.24) is 10.2 Å². The Morgan fingerprint density at radius 1 is 1.33 bits per heavy atom. The molecule has 2 rings (SSSR count). The van der Waals surface area contributed by atoms with Gasteiger partial charge in [0.05, 0.1) is 12.6 Å². The fourth-order valence-corrected chi connectivity index (χ4v) is 2.43. The van der Waals surface area contributed by atoms with Crippen LogP contribution in [0.15, 0.2) is 0 Å². The van der Waals surface area contributed by atoms with Gasteiger partial charge in [0.2, 0.25) is 5.91 Å². The van der Waals surface area contributed by atoms with Crippen molar-refractivity contribution in [2.75, 3.05) is 32.9 Å². The number of nitrogens with one attached hydrogen (secondary N) is 1. The van der Waals surface area contributed by atoms with Crippen molar-refractivity contribution >= 4 is 5.91 Å². The molecule has 86 valence electrons. The molecule has 0 aromatic carbocycles. The van der Waals surface area contributed by atoms with E-state index in [9.17, 15) is 9.18 Å². The summed E-state index contributed by atoms with van der Waals surface area (Å²) in [6, 6.07) is 0. The van der Waals surface area contributed by atoms with Gasteiger partial charge in [0.1, 0.15) is 0 Å². The minimum Gasteiger partial charge on any atom is -0.342 e. The lowest BCUT2D eigenvalue weighted by atomic mass is 9.97. The number of alkyl halides is 1. The molecular formula is C11H19FN2O. The highest BCUT2D eigenvalue weighted by Crippen LogP contribution is 2.20. The third-order valence-electron chi connectivity index (χ3n) is 3.55. The molecule has 2 saturated heterocycles. The van der Waals surface area contributed by atoms with Gasteiger partial charge in [0, 0.05) is 19.6 Å². The third-order valence-corrected chi connectivity index (χ3v) is 3.55. The molecule has 0 bridgehead atoms. The summed E-state index contributed by atoms with van der Waals surface area (Å²) in [6.45, 7) is 3.06. The van der Waals surface area contributed by atoms with E-state index in [-0.39, 0.29) is 24.4 Å². The molecule has 4 heteroatoms. The summed E-state index contributed by atoms with van der Waals surface area (Å²) in [5.74, 6) is 0.639. The zero-order valence-electron chi connectivity index (χ0n) is 9.04. The van der Waals surface area contributed by atoms with E-state index in [1.165, 1.54) is 0 Å². The van der Waals surface area contributed by atoms with Gasteiger partial charge in [-0.3, -0.25) is 9.18 Å². The largest absolute Gasteiger partial charge is 0.342 e.